The van der Waals surface area contributed by atoms with E-state index in [9.17, 15) is 4.79 Å². The van der Waals surface area contributed by atoms with Crippen LogP contribution in [0.4, 0.5) is 0 Å². The Morgan fingerprint density at radius 3 is 2.21 bits per heavy atom. The summed E-state index contributed by atoms with van der Waals surface area (Å²) in [6.45, 7) is 4.15. The third-order valence-electron chi connectivity index (χ3n) is 4.52. The van der Waals surface area contributed by atoms with Crippen LogP contribution in [-0.2, 0) is 15.1 Å². The van der Waals surface area contributed by atoms with Crippen molar-refractivity contribution < 1.29 is 9.53 Å². The van der Waals surface area contributed by atoms with E-state index in [1.54, 1.807) is 0 Å². The number of ether oxygens (including phenoxy) is 1. The number of carbonyl (C=O) groups is 1. The summed E-state index contributed by atoms with van der Waals surface area (Å²) in [4.78, 5) is 12.7. The second kappa shape index (κ2) is 7.60. The summed E-state index contributed by atoms with van der Waals surface area (Å²) >= 11 is 0. The number of morpholine rings is 1. The molecule has 1 saturated heterocycles. The molecule has 1 aliphatic rings. The van der Waals surface area contributed by atoms with Gasteiger partial charge in [-0.05, 0) is 18.1 Å². The van der Waals surface area contributed by atoms with E-state index in [2.05, 4.69) is 41.8 Å². The maximum atomic E-state index is 12.7. The Balaban J connectivity index is 1.81. The quantitative estimate of drug-likeness (QED) is 0.888. The van der Waals surface area contributed by atoms with Gasteiger partial charge in [-0.2, -0.15) is 0 Å². The van der Waals surface area contributed by atoms with Crippen LogP contribution < -0.4 is 10.6 Å². The molecule has 1 aliphatic heterocycles. The Morgan fingerprint density at radius 1 is 1.12 bits per heavy atom. The molecule has 1 unspecified atom stereocenters. The van der Waals surface area contributed by atoms with Crippen molar-refractivity contribution in [2.24, 2.45) is 0 Å². The first-order valence-corrected chi connectivity index (χ1v) is 8.42. The number of hydrogen-bond acceptors (Lipinski definition) is 3. The van der Waals surface area contributed by atoms with Crippen LogP contribution in [0.25, 0.3) is 0 Å². The molecule has 2 aromatic carbocycles. The van der Waals surface area contributed by atoms with Crippen molar-refractivity contribution >= 4 is 5.91 Å². The minimum atomic E-state index is -0.560. The summed E-state index contributed by atoms with van der Waals surface area (Å²) in [5.41, 5.74) is 1.57. The highest BCUT2D eigenvalue weighted by Gasteiger charge is 2.31. The van der Waals surface area contributed by atoms with Gasteiger partial charge in [0.15, 0.2) is 0 Å². The number of carbonyl (C=O) groups excluding carboxylic acids is 1. The minimum absolute atomic E-state index is 0.0215. The topological polar surface area (TPSA) is 50.4 Å². The molecule has 0 spiro atoms. The van der Waals surface area contributed by atoms with Gasteiger partial charge in [-0.15, -0.1) is 0 Å². The van der Waals surface area contributed by atoms with Crippen molar-refractivity contribution in [2.75, 3.05) is 19.8 Å². The van der Waals surface area contributed by atoms with Crippen LogP contribution >= 0.6 is 0 Å². The monoisotopic (exact) mass is 324 g/mol. The first-order chi connectivity index (χ1) is 11.7. The third kappa shape index (κ3) is 3.83. The Kier molecular flexibility index (Phi) is 5.28. The van der Waals surface area contributed by atoms with Gasteiger partial charge in [-0.3, -0.25) is 4.79 Å². The molecule has 4 heteroatoms. The van der Waals surface area contributed by atoms with E-state index < -0.39 is 5.54 Å². The van der Waals surface area contributed by atoms with Crippen LogP contribution in [0.15, 0.2) is 60.7 Å². The van der Waals surface area contributed by atoms with E-state index in [0.29, 0.717) is 19.6 Å². The predicted molar refractivity (Wildman–Crippen MR) is 94.7 cm³/mol. The zero-order valence-corrected chi connectivity index (χ0v) is 14.0. The number of hydrogen-bond donors (Lipinski definition) is 2. The molecule has 0 saturated carbocycles. The molecule has 1 fully saturated rings. The zero-order chi connectivity index (χ0) is 16.8. The van der Waals surface area contributed by atoms with Crippen LogP contribution in [-0.4, -0.2) is 31.7 Å². The highest BCUT2D eigenvalue weighted by Crippen LogP contribution is 2.29. The fourth-order valence-corrected chi connectivity index (χ4v) is 3.16. The highest BCUT2D eigenvalue weighted by molar-refractivity contribution is 5.78. The minimum Gasteiger partial charge on any atom is -0.378 e. The normalized spacial score (nSPS) is 18.1. The fraction of sp³-hybridized carbons (Fsp3) is 0.350. The fourth-order valence-electron chi connectivity index (χ4n) is 3.16. The lowest BCUT2D eigenvalue weighted by atomic mass is 9.84. The Morgan fingerprint density at radius 2 is 1.71 bits per heavy atom. The first-order valence-electron chi connectivity index (χ1n) is 8.42. The number of nitrogens with one attached hydrogen (secondary N) is 2. The summed E-state index contributed by atoms with van der Waals surface area (Å²) in [6, 6.07) is 20.3. The van der Waals surface area contributed by atoms with Gasteiger partial charge >= 0.3 is 0 Å². The molecule has 1 atom stereocenters. The second-order valence-corrected chi connectivity index (χ2v) is 6.34. The summed E-state index contributed by atoms with van der Waals surface area (Å²) in [7, 11) is 0. The molecule has 0 aliphatic carbocycles. The lowest BCUT2D eigenvalue weighted by Crippen LogP contribution is -2.49. The van der Waals surface area contributed by atoms with Crippen LogP contribution in [0.2, 0.25) is 0 Å². The van der Waals surface area contributed by atoms with Crippen LogP contribution in [0.5, 0.6) is 0 Å². The van der Waals surface area contributed by atoms with E-state index in [1.165, 1.54) is 0 Å². The van der Waals surface area contributed by atoms with Crippen LogP contribution in [0.1, 0.15) is 24.5 Å². The smallest absolute Gasteiger partial charge is 0.222 e. The maximum absolute atomic E-state index is 12.7. The van der Waals surface area contributed by atoms with E-state index in [1.807, 2.05) is 36.4 Å². The Bertz CT molecular complexity index is 612. The van der Waals surface area contributed by atoms with Gasteiger partial charge in [-0.1, -0.05) is 60.7 Å². The van der Waals surface area contributed by atoms with Crippen molar-refractivity contribution in [3.8, 4) is 0 Å². The van der Waals surface area contributed by atoms with Crippen molar-refractivity contribution in [1.82, 2.24) is 10.6 Å². The molecule has 126 valence electrons. The molecule has 1 heterocycles. The zero-order valence-electron chi connectivity index (χ0n) is 14.0. The van der Waals surface area contributed by atoms with E-state index in [0.717, 1.165) is 17.7 Å². The predicted octanol–water partition coefficient (Wildman–Crippen LogP) is 2.44. The third-order valence-corrected chi connectivity index (χ3v) is 4.52. The van der Waals surface area contributed by atoms with Crippen LogP contribution in [0.3, 0.4) is 0 Å². The number of amides is 1. The Hall–Kier alpha value is -2.17. The summed E-state index contributed by atoms with van der Waals surface area (Å²) in [6.07, 6.45) is 0.412. The van der Waals surface area contributed by atoms with Crippen molar-refractivity contribution in [3.63, 3.8) is 0 Å². The van der Waals surface area contributed by atoms with Gasteiger partial charge in [-0.25, -0.2) is 0 Å². The molecular formula is C20H24N2O2. The molecule has 1 amide bonds. The molecule has 2 N–H and O–H groups in total. The Labute approximate surface area is 143 Å². The molecule has 3 rings (SSSR count). The SMILES string of the molecule is CC(NC(=O)CC1COCCN1)(c1ccccc1)c1ccccc1. The van der Waals surface area contributed by atoms with Crippen molar-refractivity contribution in [1.29, 1.82) is 0 Å². The van der Waals surface area contributed by atoms with Gasteiger partial charge < -0.3 is 15.4 Å². The molecule has 24 heavy (non-hydrogen) atoms. The summed E-state index contributed by atoms with van der Waals surface area (Å²) in [5, 5.41) is 6.57. The molecule has 0 radical (unpaired) electrons. The average molecular weight is 324 g/mol. The van der Waals surface area contributed by atoms with E-state index >= 15 is 0 Å². The van der Waals surface area contributed by atoms with Crippen LogP contribution in [0, 0.1) is 0 Å². The van der Waals surface area contributed by atoms with Crippen molar-refractivity contribution in [3.05, 3.63) is 71.8 Å². The van der Waals surface area contributed by atoms with Gasteiger partial charge in [0.1, 0.15) is 0 Å². The second-order valence-electron chi connectivity index (χ2n) is 6.34. The molecule has 2 aromatic rings. The van der Waals surface area contributed by atoms with E-state index in [4.69, 9.17) is 4.74 Å². The van der Waals surface area contributed by atoms with Gasteiger partial charge in [0.2, 0.25) is 5.91 Å². The summed E-state index contributed by atoms with van der Waals surface area (Å²) in [5.74, 6) is 0.0215. The van der Waals surface area contributed by atoms with Gasteiger partial charge in [0.05, 0.1) is 18.8 Å². The average Bonchev–Trinajstić information content (AvgIpc) is 2.64. The van der Waals surface area contributed by atoms with Gasteiger partial charge in [0.25, 0.3) is 0 Å². The lowest BCUT2D eigenvalue weighted by Gasteiger charge is -2.33. The van der Waals surface area contributed by atoms with Crippen molar-refractivity contribution in [2.45, 2.75) is 24.9 Å². The molecule has 4 nitrogen and oxygen atoms in total. The first kappa shape index (κ1) is 16.7. The standard InChI is InChI=1S/C20H24N2O2/c1-20(16-8-4-2-5-9-16,17-10-6-3-7-11-17)22-19(23)14-18-15-24-13-12-21-18/h2-11,18,21H,12-15H2,1H3,(H,22,23). The number of rotatable bonds is 5. The lowest BCUT2D eigenvalue weighted by molar-refractivity contribution is -0.123. The molecule has 0 bridgehead atoms. The largest absolute Gasteiger partial charge is 0.378 e. The van der Waals surface area contributed by atoms with Gasteiger partial charge in [0, 0.05) is 19.0 Å². The highest BCUT2D eigenvalue weighted by atomic mass is 16.5. The maximum Gasteiger partial charge on any atom is 0.222 e. The molecule has 0 aromatic heterocycles. The number of benzene rings is 2. The summed E-state index contributed by atoms with van der Waals surface area (Å²) < 4.78 is 5.44. The molecular weight excluding hydrogens is 300 g/mol. The van der Waals surface area contributed by atoms with E-state index in [-0.39, 0.29) is 11.9 Å².